The number of aryl methyl sites for hydroxylation is 2. The first-order valence-corrected chi connectivity index (χ1v) is 11.4. The molecule has 0 unspecified atom stereocenters. The first kappa shape index (κ1) is 21.9. The summed E-state index contributed by atoms with van der Waals surface area (Å²) in [5, 5.41) is 2.36. The molecule has 0 N–H and O–H groups in total. The molecule has 0 aliphatic carbocycles. The van der Waals surface area contributed by atoms with Crippen molar-refractivity contribution in [2.45, 2.75) is 65.2 Å². The molecule has 4 aromatic rings. The molecule has 2 aromatic carbocycles. The molecule has 0 fully saturated rings. The van der Waals surface area contributed by atoms with Crippen LogP contribution < -0.4 is 0 Å². The smallest absolute Gasteiger partial charge is 0.128 e. The lowest BCUT2D eigenvalue weighted by Gasteiger charge is -2.02. The summed E-state index contributed by atoms with van der Waals surface area (Å²) >= 11 is 0. The van der Waals surface area contributed by atoms with E-state index in [9.17, 15) is 0 Å². The van der Waals surface area contributed by atoms with Crippen molar-refractivity contribution < 1.29 is 0 Å². The first-order valence-electron chi connectivity index (χ1n) is 11.4. The zero-order valence-corrected chi connectivity index (χ0v) is 18.3. The van der Waals surface area contributed by atoms with E-state index in [2.05, 4.69) is 59.1 Å². The number of rotatable bonds is 8. The molecule has 4 rings (SSSR count). The van der Waals surface area contributed by atoms with E-state index in [1.54, 1.807) is 0 Å². The Morgan fingerprint density at radius 1 is 0.600 bits per heavy atom. The summed E-state index contributed by atoms with van der Waals surface area (Å²) in [5.74, 6) is 0.974. The number of benzene rings is 2. The first-order chi connectivity index (χ1) is 14.8. The zero-order valence-electron chi connectivity index (χ0n) is 18.3. The Hall–Kier alpha value is -2.81. The highest BCUT2D eigenvalue weighted by Gasteiger charge is 1.99. The minimum atomic E-state index is 0.974. The SMILES string of the molecule is CCCCCc1ccc2ccccc2n1.CCCCCc1ncc2ccccc2n1. The third kappa shape index (κ3) is 6.62. The molecule has 0 saturated heterocycles. The van der Waals surface area contributed by atoms with E-state index in [0.29, 0.717) is 0 Å². The molecule has 0 atom stereocenters. The molecular weight excluding hydrogens is 366 g/mol. The maximum atomic E-state index is 4.65. The van der Waals surface area contributed by atoms with Gasteiger partial charge in [-0.05, 0) is 37.5 Å². The van der Waals surface area contributed by atoms with E-state index < -0.39 is 0 Å². The van der Waals surface area contributed by atoms with Crippen LogP contribution in [0.15, 0.2) is 66.9 Å². The quantitative estimate of drug-likeness (QED) is 0.291. The second kappa shape index (κ2) is 12.0. The average Bonchev–Trinajstić information content (AvgIpc) is 2.80. The summed E-state index contributed by atoms with van der Waals surface area (Å²) < 4.78 is 0. The number of nitrogens with zero attached hydrogens (tertiary/aromatic N) is 3. The van der Waals surface area contributed by atoms with Crippen LogP contribution in [0.25, 0.3) is 21.8 Å². The zero-order chi connectivity index (χ0) is 21.0. The maximum Gasteiger partial charge on any atom is 0.128 e. The molecule has 0 radical (unpaired) electrons. The Balaban J connectivity index is 0.000000171. The molecule has 3 heteroatoms. The molecule has 156 valence electrons. The normalized spacial score (nSPS) is 10.7. The molecule has 30 heavy (non-hydrogen) atoms. The van der Waals surface area contributed by atoms with E-state index in [4.69, 9.17) is 0 Å². The summed E-state index contributed by atoms with van der Waals surface area (Å²) in [6, 6.07) is 20.7. The van der Waals surface area contributed by atoms with Crippen LogP contribution in [-0.4, -0.2) is 15.0 Å². The van der Waals surface area contributed by atoms with E-state index in [-0.39, 0.29) is 0 Å². The summed E-state index contributed by atoms with van der Waals surface area (Å²) in [6.07, 6.45) is 11.5. The standard InChI is InChI=1S/C14H17N.C13H16N2/c1-2-3-4-8-13-11-10-12-7-5-6-9-14(12)15-13;1-2-3-4-9-13-14-10-11-7-5-6-8-12(11)15-13/h5-7,9-11H,2-4,8H2,1H3;5-8,10H,2-4,9H2,1H3. The van der Waals surface area contributed by atoms with Gasteiger partial charge in [-0.3, -0.25) is 4.98 Å². The van der Waals surface area contributed by atoms with Gasteiger partial charge in [0.15, 0.2) is 0 Å². The fourth-order valence-electron chi connectivity index (χ4n) is 3.47. The number of fused-ring (bicyclic) bond motifs is 2. The molecule has 0 bridgehead atoms. The van der Waals surface area contributed by atoms with Gasteiger partial charge in [-0.1, -0.05) is 82.0 Å². The van der Waals surface area contributed by atoms with Crippen molar-refractivity contribution in [2.75, 3.05) is 0 Å². The Labute approximate surface area is 180 Å². The van der Waals surface area contributed by atoms with Crippen molar-refractivity contribution in [1.82, 2.24) is 15.0 Å². The van der Waals surface area contributed by atoms with Gasteiger partial charge in [0, 0.05) is 29.1 Å². The predicted molar refractivity (Wildman–Crippen MR) is 128 cm³/mol. The van der Waals surface area contributed by atoms with Crippen molar-refractivity contribution in [2.24, 2.45) is 0 Å². The molecule has 2 aromatic heterocycles. The van der Waals surface area contributed by atoms with Gasteiger partial charge in [-0.2, -0.15) is 0 Å². The topological polar surface area (TPSA) is 38.7 Å². The van der Waals surface area contributed by atoms with Gasteiger partial charge in [-0.15, -0.1) is 0 Å². The number of aromatic nitrogens is 3. The van der Waals surface area contributed by atoms with Gasteiger partial charge >= 0.3 is 0 Å². The highest BCUT2D eigenvalue weighted by Crippen LogP contribution is 2.13. The molecular formula is C27H33N3. The largest absolute Gasteiger partial charge is 0.253 e. The summed E-state index contributed by atoms with van der Waals surface area (Å²) in [6.45, 7) is 4.44. The van der Waals surface area contributed by atoms with Crippen molar-refractivity contribution in [3.05, 3.63) is 78.4 Å². The molecule has 3 nitrogen and oxygen atoms in total. The van der Waals surface area contributed by atoms with Gasteiger partial charge in [0.25, 0.3) is 0 Å². The highest BCUT2D eigenvalue weighted by molar-refractivity contribution is 5.78. The Bertz CT molecular complexity index is 957. The van der Waals surface area contributed by atoms with Gasteiger partial charge in [-0.25, -0.2) is 9.97 Å². The minimum Gasteiger partial charge on any atom is -0.253 e. The van der Waals surface area contributed by atoms with Crippen LogP contribution in [0, 0.1) is 0 Å². The fraction of sp³-hybridized carbons (Fsp3) is 0.370. The van der Waals surface area contributed by atoms with E-state index in [1.165, 1.54) is 49.6 Å². The van der Waals surface area contributed by atoms with Crippen molar-refractivity contribution in [3.8, 4) is 0 Å². The molecule has 0 aliphatic heterocycles. The van der Waals surface area contributed by atoms with Crippen LogP contribution in [0.5, 0.6) is 0 Å². The van der Waals surface area contributed by atoms with Gasteiger partial charge in [0.05, 0.1) is 11.0 Å². The summed E-state index contributed by atoms with van der Waals surface area (Å²) in [7, 11) is 0. The van der Waals surface area contributed by atoms with Crippen LogP contribution in [0.3, 0.4) is 0 Å². The van der Waals surface area contributed by atoms with Crippen LogP contribution in [-0.2, 0) is 12.8 Å². The summed E-state index contributed by atoms with van der Waals surface area (Å²) in [5.41, 5.74) is 3.40. The number of pyridine rings is 1. The molecule has 2 heterocycles. The molecule has 0 spiro atoms. The number of unbranched alkanes of at least 4 members (excludes halogenated alkanes) is 4. The third-order valence-corrected chi connectivity index (χ3v) is 5.24. The van der Waals surface area contributed by atoms with E-state index in [1.807, 2.05) is 36.5 Å². The van der Waals surface area contributed by atoms with Crippen LogP contribution in [0.2, 0.25) is 0 Å². The monoisotopic (exact) mass is 399 g/mol. The number of hydrogen-bond donors (Lipinski definition) is 0. The van der Waals surface area contributed by atoms with Crippen molar-refractivity contribution >= 4 is 21.8 Å². The second-order valence-corrected chi connectivity index (χ2v) is 7.75. The van der Waals surface area contributed by atoms with E-state index in [0.717, 1.165) is 35.1 Å². The molecule has 0 saturated carbocycles. The van der Waals surface area contributed by atoms with Crippen LogP contribution >= 0.6 is 0 Å². The predicted octanol–water partition coefficient (Wildman–Crippen LogP) is 7.33. The Kier molecular flexibility index (Phi) is 8.77. The molecule has 0 aliphatic rings. The number of para-hydroxylation sites is 2. The third-order valence-electron chi connectivity index (χ3n) is 5.24. The number of hydrogen-bond acceptors (Lipinski definition) is 3. The highest BCUT2D eigenvalue weighted by atomic mass is 14.9. The van der Waals surface area contributed by atoms with Gasteiger partial charge in [0.1, 0.15) is 5.82 Å². The van der Waals surface area contributed by atoms with Crippen molar-refractivity contribution in [3.63, 3.8) is 0 Å². The van der Waals surface area contributed by atoms with E-state index >= 15 is 0 Å². The lowest BCUT2D eigenvalue weighted by atomic mass is 10.1. The summed E-state index contributed by atoms with van der Waals surface area (Å²) in [4.78, 5) is 13.6. The molecule has 0 amide bonds. The maximum absolute atomic E-state index is 4.65. The second-order valence-electron chi connectivity index (χ2n) is 7.75. The Morgan fingerprint density at radius 3 is 1.97 bits per heavy atom. The fourth-order valence-corrected chi connectivity index (χ4v) is 3.47. The minimum absolute atomic E-state index is 0.974. The van der Waals surface area contributed by atoms with Crippen molar-refractivity contribution in [1.29, 1.82) is 0 Å². The van der Waals surface area contributed by atoms with Crippen LogP contribution in [0.1, 0.15) is 63.9 Å². The Morgan fingerprint density at radius 2 is 1.23 bits per heavy atom. The lowest BCUT2D eigenvalue weighted by molar-refractivity contribution is 0.696. The van der Waals surface area contributed by atoms with Gasteiger partial charge < -0.3 is 0 Å². The van der Waals surface area contributed by atoms with Crippen LogP contribution in [0.4, 0.5) is 0 Å². The lowest BCUT2D eigenvalue weighted by Crippen LogP contribution is -1.95. The average molecular weight is 400 g/mol. The van der Waals surface area contributed by atoms with Gasteiger partial charge in [0.2, 0.25) is 0 Å².